The van der Waals surface area contributed by atoms with Crippen LogP contribution in [0.2, 0.25) is 0 Å². The summed E-state index contributed by atoms with van der Waals surface area (Å²) in [4.78, 5) is 0. The number of alkyl halides is 1. The zero-order valence-electron chi connectivity index (χ0n) is 4.73. The summed E-state index contributed by atoms with van der Waals surface area (Å²) in [5.41, 5.74) is 4.71. The molecule has 0 heterocycles. The maximum Gasteiger partial charge on any atom is 0.115 e. The molecule has 2 N–H and O–H groups in total. The smallest absolute Gasteiger partial charge is 0.115 e. The minimum atomic E-state index is -0.792. The van der Waals surface area contributed by atoms with Gasteiger partial charge in [0.25, 0.3) is 0 Å². The van der Waals surface area contributed by atoms with Crippen molar-refractivity contribution in [3.8, 4) is 0 Å². The van der Waals surface area contributed by atoms with E-state index in [-0.39, 0.29) is 6.04 Å². The van der Waals surface area contributed by atoms with Crippen LogP contribution in [0.15, 0.2) is 0 Å². The standard InChI is InChI=1S/C6H10FN/c7-6-2-4(6)1-5(8)3-6/h4-5H,1-3,8H2. The molecule has 0 aromatic heterocycles. The third-order valence-electron chi connectivity index (χ3n) is 2.35. The Morgan fingerprint density at radius 2 is 2.25 bits per heavy atom. The Kier molecular flexibility index (Phi) is 0.639. The fourth-order valence-electron chi connectivity index (χ4n) is 1.78. The van der Waals surface area contributed by atoms with Gasteiger partial charge in [0.2, 0.25) is 0 Å². The second kappa shape index (κ2) is 1.08. The zero-order valence-corrected chi connectivity index (χ0v) is 4.73. The fourth-order valence-corrected chi connectivity index (χ4v) is 1.78. The first kappa shape index (κ1) is 4.74. The van der Waals surface area contributed by atoms with Crippen LogP contribution in [0.5, 0.6) is 0 Å². The molecule has 1 nitrogen and oxygen atoms in total. The highest BCUT2D eigenvalue weighted by atomic mass is 19.1. The summed E-state index contributed by atoms with van der Waals surface area (Å²) in [5, 5.41) is 0. The van der Waals surface area contributed by atoms with Crippen molar-refractivity contribution >= 4 is 0 Å². The second-order valence-electron chi connectivity index (χ2n) is 3.14. The third kappa shape index (κ3) is 0.440. The molecular weight excluding hydrogens is 105 g/mol. The van der Waals surface area contributed by atoms with Gasteiger partial charge in [-0.15, -0.1) is 0 Å². The van der Waals surface area contributed by atoms with Gasteiger partial charge in [-0.05, 0) is 25.2 Å². The molecule has 46 valence electrons. The summed E-state index contributed by atoms with van der Waals surface area (Å²) in [7, 11) is 0. The minimum Gasteiger partial charge on any atom is -0.328 e. The molecule has 2 saturated carbocycles. The molecule has 3 atom stereocenters. The molecule has 8 heavy (non-hydrogen) atoms. The second-order valence-corrected chi connectivity index (χ2v) is 3.14. The van der Waals surface area contributed by atoms with E-state index in [0.717, 1.165) is 12.8 Å². The van der Waals surface area contributed by atoms with Crippen molar-refractivity contribution < 1.29 is 4.39 Å². The number of halogens is 1. The zero-order chi connectivity index (χ0) is 5.78. The van der Waals surface area contributed by atoms with Crippen molar-refractivity contribution in [1.29, 1.82) is 0 Å². The molecule has 0 aliphatic heterocycles. The van der Waals surface area contributed by atoms with Crippen molar-refractivity contribution in [3.05, 3.63) is 0 Å². The number of hydrogen-bond donors (Lipinski definition) is 1. The Labute approximate surface area is 48.1 Å². The lowest BCUT2D eigenvalue weighted by atomic mass is 10.2. The quantitative estimate of drug-likeness (QED) is 0.497. The third-order valence-corrected chi connectivity index (χ3v) is 2.35. The van der Waals surface area contributed by atoms with Crippen molar-refractivity contribution in [2.24, 2.45) is 11.7 Å². The van der Waals surface area contributed by atoms with E-state index in [1.165, 1.54) is 0 Å². The molecule has 0 bridgehead atoms. The van der Waals surface area contributed by atoms with Crippen LogP contribution in [0.25, 0.3) is 0 Å². The average Bonchev–Trinajstić information content (AvgIpc) is 2.07. The van der Waals surface area contributed by atoms with Gasteiger partial charge in [-0.25, -0.2) is 4.39 Å². The van der Waals surface area contributed by atoms with E-state index in [1.54, 1.807) is 0 Å². The van der Waals surface area contributed by atoms with Crippen molar-refractivity contribution in [3.63, 3.8) is 0 Å². The average molecular weight is 115 g/mol. The van der Waals surface area contributed by atoms with Crippen molar-refractivity contribution in [1.82, 2.24) is 0 Å². The summed E-state index contributed by atoms with van der Waals surface area (Å²) in [6.45, 7) is 0. The molecule has 0 spiro atoms. The predicted molar refractivity (Wildman–Crippen MR) is 29.2 cm³/mol. The molecule has 0 aromatic rings. The lowest BCUT2D eigenvalue weighted by Gasteiger charge is -2.02. The van der Waals surface area contributed by atoms with Crippen molar-refractivity contribution in [2.45, 2.75) is 31.0 Å². The van der Waals surface area contributed by atoms with E-state index in [4.69, 9.17) is 5.73 Å². The first-order chi connectivity index (χ1) is 3.71. The van der Waals surface area contributed by atoms with Gasteiger partial charge in [-0.2, -0.15) is 0 Å². The van der Waals surface area contributed by atoms with Crippen LogP contribution in [0.3, 0.4) is 0 Å². The molecule has 2 fully saturated rings. The predicted octanol–water partition coefficient (Wildman–Crippen LogP) is 0.836. The summed E-state index contributed by atoms with van der Waals surface area (Å²) in [5.74, 6) is 0.345. The van der Waals surface area contributed by atoms with Gasteiger partial charge < -0.3 is 5.73 Å². The fraction of sp³-hybridized carbons (Fsp3) is 1.00. The van der Waals surface area contributed by atoms with E-state index >= 15 is 0 Å². The normalized spacial score (nSPS) is 60.8. The van der Waals surface area contributed by atoms with Gasteiger partial charge in [-0.1, -0.05) is 0 Å². The SMILES string of the molecule is NC1CC2CC2(F)C1. The highest BCUT2D eigenvalue weighted by Crippen LogP contribution is 2.58. The molecule has 2 rings (SSSR count). The van der Waals surface area contributed by atoms with Gasteiger partial charge in [0.05, 0.1) is 0 Å². The first-order valence-electron chi connectivity index (χ1n) is 3.15. The molecule has 2 aliphatic rings. The van der Waals surface area contributed by atoms with Crippen LogP contribution in [-0.2, 0) is 0 Å². The monoisotopic (exact) mass is 115 g/mol. The number of fused-ring (bicyclic) bond motifs is 1. The Balaban J connectivity index is 2.10. The van der Waals surface area contributed by atoms with E-state index in [2.05, 4.69) is 0 Å². The molecule has 0 saturated heterocycles. The van der Waals surface area contributed by atoms with Crippen LogP contribution in [-0.4, -0.2) is 11.7 Å². The molecular formula is C6H10FN. The van der Waals surface area contributed by atoms with Gasteiger partial charge in [0.1, 0.15) is 5.67 Å². The highest BCUT2D eigenvalue weighted by molar-refractivity contribution is 5.12. The van der Waals surface area contributed by atoms with E-state index in [0.29, 0.717) is 12.3 Å². The minimum absolute atomic E-state index is 0.166. The van der Waals surface area contributed by atoms with Crippen LogP contribution >= 0.6 is 0 Å². The van der Waals surface area contributed by atoms with Gasteiger partial charge in [0, 0.05) is 6.04 Å². The Hall–Kier alpha value is -0.110. The topological polar surface area (TPSA) is 26.0 Å². The van der Waals surface area contributed by atoms with Gasteiger partial charge >= 0.3 is 0 Å². The lowest BCUT2D eigenvalue weighted by molar-refractivity contribution is 0.291. The first-order valence-corrected chi connectivity index (χ1v) is 3.15. The summed E-state index contributed by atoms with van der Waals surface area (Å²) in [6, 6.07) is 0.166. The van der Waals surface area contributed by atoms with Gasteiger partial charge in [0.15, 0.2) is 0 Å². The molecule has 3 unspecified atom stereocenters. The molecule has 2 heteroatoms. The number of rotatable bonds is 0. The van der Waals surface area contributed by atoms with Crippen molar-refractivity contribution in [2.75, 3.05) is 0 Å². The Morgan fingerprint density at radius 1 is 1.50 bits per heavy atom. The molecule has 0 radical (unpaired) electrons. The van der Waals surface area contributed by atoms with Crippen LogP contribution < -0.4 is 5.73 Å². The lowest BCUT2D eigenvalue weighted by Crippen LogP contribution is -2.18. The number of hydrogen-bond acceptors (Lipinski definition) is 1. The van der Waals surface area contributed by atoms with E-state index in [9.17, 15) is 4.39 Å². The summed E-state index contributed by atoms with van der Waals surface area (Å²) >= 11 is 0. The maximum atomic E-state index is 12.9. The maximum absolute atomic E-state index is 12.9. The Morgan fingerprint density at radius 3 is 2.50 bits per heavy atom. The van der Waals surface area contributed by atoms with Gasteiger partial charge in [-0.3, -0.25) is 0 Å². The van der Waals surface area contributed by atoms with Crippen LogP contribution in [0.4, 0.5) is 4.39 Å². The number of nitrogens with two attached hydrogens (primary N) is 1. The van der Waals surface area contributed by atoms with Crippen LogP contribution in [0.1, 0.15) is 19.3 Å². The largest absolute Gasteiger partial charge is 0.328 e. The summed E-state index contributed by atoms with van der Waals surface area (Å²) < 4.78 is 12.9. The highest BCUT2D eigenvalue weighted by Gasteiger charge is 2.60. The van der Waals surface area contributed by atoms with E-state index in [1.807, 2.05) is 0 Å². The summed E-state index contributed by atoms with van der Waals surface area (Å²) in [6.07, 6.45) is 2.34. The molecule has 0 aromatic carbocycles. The Bertz CT molecular complexity index is 126. The molecule has 0 amide bonds. The molecule has 2 aliphatic carbocycles. The van der Waals surface area contributed by atoms with Crippen LogP contribution in [0, 0.1) is 5.92 Å². The van der Waals surface area contributed by atoms with E-state index < -0.39 is 5.67 Å².